The number of amides is 1. The van der Waals surface area contributed by atoms with E-state index in [1.54, 1.807) is 13.2 Å². The van der Waals surface area contributed by atoms with Gasteiger partial charge >= 0.3 is 0 Å². The lowest BCUT2D eigenvalue weighted by molar-refractivity contribution is -0.140. The zero-order chi connectivity index (χ0) is 24.5. The van der Waals surface area contributed by atoms with Crippen molar-refractivity contribution in [3.8, 4) is 5.75 Å². The molecule has 1 heterocycles. The first-order chi connectivity index (χ1) is 15.5. The van der Waals surface area contributed by atoms with E-state index in [1.807, 2.05) is 44.2 Å². The van der Waals surface area contributed by atoms with E-state index in [4.69, 9.17) is 9.47 Å². The van der Waals surface area contributed by atoms with Gasteiger partial charge in [-0.1, -0.05) is 51.1 Å². The molecule has 1 fully saturated rings. The van der Waals surface area contributed by atoms with Crippen molar-refractivity contribution in [1.82, 2.24) is 4.90 Å². The number of aliphatic hydroxyl groups is 1. The van der Waals surface area contributed by atoms with Gasteiger partial charge in [-0.3, -0.25) is 9.59 Å². The van der Waals surface area contributed by atoms with Gasteiger partial charge in [-0.05, 0) is 47.6 Å². The number of ether oxygens (including phenoxy) is 2. The van der Waals surface area contributed by atoms with Gasteiger partial charge in [0, 0.05) is 13.7 Å². The average molecular weight is 452 g/mol. The van der Waals surface area contributed by atoms with Crippen molar-refractivity contribution in [3.05, 3.63) is 69.8 Å². The second-order valence-corrected chi connectivity index (χ2v) is 9.52. The molecule has 3 rings (SSSR count). The quantitative estimate of drug-likeness (QED) is 0.392. The number of likely N-dealkylation sites (tertiary alicyclic amines) is 1. The molecule has 6 heteroatoms. The van der Waals surface area contributed by atoms with Gasteiger partial charge in [0.1, 0.15) is 11.5 Å². The number of benzene rings is 2. The number of aryl methyl sites for hydroxylation is 2. The summed E-state index contributed by atoms with van der Waals surface area (Å²) in [5.74, 6) is -1.12. The Bertz CT molecular complexity index is 1090. The Labute approximate surface area is 195 Å². The summed E-state index contributed by atoms with van der Waals surface area (Å²) >= 11 is 0. The Morgan fingerprint density at radius 2 is 1.70 bits per heavy atom. The van der Waals surface area contributed by atoms with Gasteiger partial charge in [-0.25, -0.2) is 0 Å². The SMILES string of the molecule is COCCN1C(=O)C(=O)/C(=C(/O)c2cc(C)cc(C)c2OC)C1c1ccc(C(C)(C)C)cc1. The summed E-state index contributed by atoms with van der Waals surface area (Å²) in [5, 5.41) is 11.4. The van der Waals surface area contributed by atoms with Crippen molar-refractivity contribution in [1.29, 1.82) is 0 Å². The molecule has 2 aromatic rings. The van der Waals surface area contributed by atoms with E-state index in [9.17, 15) is 14.7 Å². The molecule has 176 valence electrons. The predicted octanol–water partition coefficient (Wildman–Crippen LogP) is 4.68. The summed E-state index contributed by atoms with van der Waals surface area (Å²) in [7, 11) is 3.07. The number of hydrogen-bond donors (Lipinski definition) is 1. The minimum Gasteiger partial charge on any atom is -0.507 e. The van der Waals surface area contributed by atoms with Crippen molar-refractivity contribution < 1.29 is 24.2 Å². The van der Waals surface area contributed by atoms with Crippen LogP contribution in [0.2, 0.25) is 0 Å². The fourth-order valence-corrected chi connectivity index (χ4v) is 4.36. The molecule has 1 saturated heterocycles. The molecule has 0 saturated carbocycles. The molecule has 2 aromatic carbocycles. The van der Waals surface area contributed by atoms with E-state index in [1.165, 1.54) is 12.0 Å². The fourth-order valence-electron chi connectivity index (χ4n) is 4.36. The standard InChI is InChI=1S/C27H33NO5/c1-16-14-17(2)25(33-7)20(15-16)23(29)21-22(28(12-13-32-6)26(31)24(21)30)18-8-10-19(11-9-18)27(3,4)5/h8-11,14-15,22,29H,12-13H2,1-7H3/b23-21+. The van der Waals surface area contributed by atoms with Crippen molar-refractivity contribution in [2.24, 2.45) is 0 Å². The summed E-state index contributed by atoms with van der Waals surface area (Å²) in [5.41, 5.74) is 4.05. The molecule has 1 aliphatic heterocycles. The summed E-state index contributed by atoms with van der Waals surface area (Å²) in [6, 6.07) is 10.8. The van der Waals surface area contributed by atoms with Crippen LogP contribution in [0.3, 0.4) is 0 Å². The average Bonchev–Trinajstić information content (AvgIpc) is 3.01. The zero-order valence-corrected chi connectivity index (χ0v) is 20.5. The third kappa shape index (κ3) is 4.67. The van der Waals surface area contributed by atoms with Crippen LogP contribution < -0.4 is 4.74 Å². The molecule has 1 amide bonds. The molecule has 0 spiro atoms. The second kappa shape index (κ2) is 9.40. The van der Waals surface area contributed by atoms with Gasteiger partial charge in [0.2, 0.25) is 0 Å². The van der Waals surface area contributed by atoms with E-state index >= 15 is 0 Å². The van der Waals surface area contributed by atoms with Gasteiger partial charge in [-0.2, -0.15) is 0 Å². The van der Waals surface area contributed by atoms with E-state index in [2.05, 4.69) is 20.8 Å². The Kier molecular flexibility index (Phi) is 6.98. The molecule has 1 aliphatic rings. The summed E-state index contributed by atoms with van der Waals surface area (Å²) in [6.45, 7) is 10.7. The number of rotatable bonds is 6. The highest BCUT2D eigenvalue weighted by Gasteiger charge is 2.46. The Hall–Kier alpha value is -3.12. The molecule has 0 aliphatic carbocycles. The highest BCUT2D eigenvalue weighted by molar-refractivity contribution is 6.46. The first-order valence-corrected chi connectivity index (χ1v) is 11.0. The van der Waals surface area contributed by atoms with Gasteiger partial charge in [0.25, 0.3) is 11.7 Å². The predicted molar refractivity (Wildman–Crippen MR) is 128 cm³/mol. The van der Waals surface area contributed by atoms with Crippen LogP contribution in [0.25, 0.3) is 5.76 Å². The molecule has 33 heavy (non-hydrogen) atoms. The van der Waals surface area contributed by atoms with Crippen LogP contribution >= 0.6 is 0 Å². The molecular formula is C27H33NO5. The highest BCUT2D eigenvalue weighted by atomic mass is 16.5. The van der Waals surface area contributed by atoms with E-state index in [0.717, 1.165) is 22.3 Å². The normalized spacial score (nSPS) is 18.2. The second-order valence-electron chi connectivity index (χ2n) is 9.52. The van der Waals surface area contributed by atoms with Crippen LogP contribution in [0.4, 0.5) is 0 Å². The van der Waals surface area contributed by atoms with Crippen LogP contribution in [0, 0.1) is 13.8 Å². The first-order valence-electron chi connectivity index (χ1n) is 11.0. The minimum absolute atomic E-state index is 0.0388. The lowest BCUT2D eigenvalue weighted by Gasteiger charge is -2.26. The maximum atomic E-state index is 13.2. The third-order valence-corrected chi connectivity index (χ3v) is 6.05. The van der Waals surface area contributed by atoms with E-state index in [0.29, 0.717) is 11.3 Å². The summed E-state index contributed by atoms with van der Waals surface area (Å²) in [4.78, 5) is 27.7. The fraction of sp³-hybridized carbons (Fsp3) is 0.407. The molecule has 1 unspecified atom stereocenters. The number of ketones is 1. The highest BCUT2D eigenvalue weighted by Crippen LogP contribution is 2.42. The maximum absolute atomic E-state index is 13.2. The smallest absolute Gasteiger partial charge is 0.295 e. The maximum Gasteiger partial charge on any atom is 0.295 e. The van der Waals surface area contributed by atoms with Crippen LogP contribution in [-0.4, -0.2) is 49.1 Å². The molecule has 0 bridgehead atoms. The lowest BCUT2D eigenvalue weighted by Crippen LogP contribution is -2.32. The molecule has 6 nitrogen and oxygen atoms in total. The van der Waals surface area contributed by atoms with Crippen LogP contribution in [0.15, 0.2) is 42.0 Å². The Morgan fingerprint density at radius 1 is 1.06 bits per heavy atom. The molecule has 1 N–H and O–H groups in total. The molecule has 1 atom stereocenters. The number of methoxy groups -OCH3 is 2. The van der Waals surface area contributed by atoms with Crippen molar-refractivity contribution in [3.63, 3.8) is 0 Å². The lowest BCUT2D eigenvalue weighted by atomic mass is 9.85. The van der Waals surface area contributed by atoms with Gasteiger partial charge < -0.3 is 19.5 Å². The third-order valence-electron chi connectivity index (χ3n) is 6.05. The minimum atomic E-state index is -0.723. The van der Waals surface area contributed by atoms with E-state index < -0.39 is 17.7 Å². The zero-order valence-electron chi connectivity index (χ0n) is 20.5. The Balaban J connectivity index is 2.23. The van der Waals surface area contributed by atoms with Gasteiger partial charge in [0.05, 0.1) is 30.9 Å². The van der Waals surface area contributed by atoms with Crippen molar-refractivity contribution in [2.45, 2.75) is 46.1 Å². The van der Waals surface area contributed by atoms with E-state index in [-0.39, 0.29) is 29.9 Å². The number of carbonyl (C=O) groups is 2. The molecule has 0 aromatic heterocycles. The summed E-state index contributed by atoms with van der Waals surface area (Å²) in [6.07, 6.45) is 0. The monoisotopic (exact) mass is 451 g/mol. The topological polar surface area (TPSA) is 76.1 Å². The van der Waals surface area contributed by atoms with Crippen molar-refractivity contribution in [2.75, 3.05) is 27.4 Å². The number of hydrogen-bond acceptors (Lipinski definition) is 5. The largest absolute Gasteiger partial charge is 0.507 e. The van der Waals surface area contributed by atoms with Gasteiger partial charge in [-0.15, -0.1) is 0 Å². The number of aliphatic hydroxyl groups excluding tert-OH is 1. The molecular weight excluding hydrogens is 418 g/mol. The number of Topliss-reactive ketones (excluding diaryl/α,β-unsaturated/α-hetero) is 1. The van der Waals surface area contributed by atoms with Crippen molar-refractivity contribution >= 4 is 17.4 Å². The van der Waals surface area contributed by atoms with Gasteiger partial charge in [0.15, 0.2) is 0 Å². The number of nitrogens with zero attached hydrogens (tertiary/aromatic N) is 1. The first kappa shape index (κ1) is 24.5. The van der Waals surface area contributed by atoms with Crippen LogP contribution in [0.1, 0.15) is 54.6 Å². The summed E-state index contributed by atoms with van der Waals surface area (Å²) < 4.78 is 10.7. The Morgan fingerprint density at radius 3 is 2.24 bits per heavy atom. The van der Waals surface area contributed by atoms with Crippen LogP contribution in [0.5, 0.6) is 5.75 Å². The number of carbonyl (C=O) groups excluding carboxylic acids is 2. The van der Waals surface area contributed by atoms with Crippen LogP contribution in [-0.2, 0) is 19.7 Å². The molecule has 0 radical (unpaired) electrons.